The number of benzene rings is 1. The van der Waals surface area contributed by atoms with Crippen molar-refractivity contribution in [2.24, 2.45) is 5.41 Å². The van der Waals surface area contributed by atoms with Crippen LogP contribution in [0.15, 0.2) is 24.3 Å². The van der Waals surface area contributed by atoms with Crippen molar-refractivity contribution >= 4 is 17.5 Å². The molecule has 0 saturated carbocycles. The van der Waals surface area contributed by atoms with Crippen LogP contribution in [0.25, 0.3) is 0 Å². The number of anilines is 1. The number of methoxy groups -OCH3 is 1. The first kappa shape index (κ1) is 15.4. The van der Waals surface area contributed by atoms with Crippen molar-refractivity contribution in [3.63, 3.8) is 0 Å². The van der Waals surface area contributed by atoms with Gasteiger partial charge in [0.05, 0.1) is 13.2 Å². The Kier molecular flexibility index (Phi) is 4.21. The van der Waals surface area contributed by atoms with Crippen LogP contribution in [-0.2, 0) is 9.59 Å². The van der Waals surface area contributed by atoms with Crippen LogP contribution in [0.4, 0.5) is 5.69 Å². The minimum absolute atomic E-state index is 0.0162. The lowest BCUT2D eigenvalue weighted by atomic mass is 9.95. The molecule has 114 valence electrons. The van der Waals surface area contributed by atoms with Crippen LogP contribution in [0.3, 0.4) is 0 Å². The zero-order chi connectivity index (χ0) is 15.6. The molecule has 0 aliphatic carbocycles. The van der Waals surface area contributed by atoms with Crippen molar-refractivity contribution in [1.82, 2.24) is 5.32 Å². The maximum Gasteiger partial charge on any atom is 0.229 e. The molecule has 0 unspecified atom stereocenters. The fraction of sp³-hybridized carbons (Fsp3) is 0.500. The van der Waals surface area contributed by atoms with Gasteiger partial charge in [0.2, 0.25) is 11.8 Å². The maximum absolute atomic E-state index is 12.1. The molecule has 5 heteroatoms. The van der Waals surface area contributed by atoms with Crippen LogP contribution < -0.4 is 15.0 Å². The molecular formula is C16H22N2O3. The van der Waals surface area contributed by atoms with Crippen LogP contribution >= 0.6 is 0 Å². The van der Waals surface area contributed by atoms with Gasteiger partial charge in [0, 0.05) is 30.1 Å². The molecule has 1 aromatic rings. The lowest BCUT2D eigenvalue weighted by Gasteiger charge is -2.22. The third-order valence-corrected chi connectivity index (χ3v) is 3.51. The van der Waals surface area contributed by atoms with E-state index in [1.807, 2.05) is 45.0 Å². The number of hydrogen-bond acceptors (Lipinski definition) is 3. The minimum atomic E-state index is -0.452. The standard InChI is InChI=1S/C16H22N2O3/c1-16(2,3)15(20)17-11-8-14(19)18(10-11)12-6-5-7-13(9-12)21-4/h5-7,9,11H,8,10H2,1-4H3,(H,17,20)/t11-/m0/s1. The SMILES string of the molecule is COc1cccc(N2C[C@@H](NC(=O)C(C)(C)C)CC2=O)c1. The second-order valence-electron chi connectivity index (χ2n) is 6.33. The van der Waals surface area contributed by atoms with Gasteiger partial charge >= 0.3 is 0 Å². The molecule has 1 N–H and O–H groups in total. The lowest BCUT2D eigenvalue weighted by molar-refractivity contribution is -0.129. The van der Waals surface area contributed by atoms with Gasteiger partial charge in [0.1, 0.15) is 5.75 Å². The summed E-state index contributed by atoms with van der Waals surface area (Å²) in [6, 6.07) is 7.24. The molecule has 1 atom stereocenters. The molecule has 1 aromatic carbocycles. The summed E-state index contributed by atoms with van der Waals surface area (Å²) < 4.78 is 5.18. The molecule has 1 aliphatic rings. The molecular weight excluding hydrogens is 268 g/mol. The van der Waals surface area contributed by atoms with E-state index in [4.69, 9.17) is 4.74 Å². The van der Waals surface area contributed by atoms with E-state index in [-0.39, 0.29) is 17.9 Å². The molecule has 0 spiro atoms. The number of ether oxygens (including phenoxy) is 1. The summed E-state index contributed by atoms with van der Waals surface area (Å²) in [5.41, 5.74) is 0.346. The van der Waals surface area contributed by atoms with E-state index >= 15 is 0 Å². The number of amides is 2. The highest BCUT2D eigenvalue weighted by Gasteiger charge is 2.33. The average Bonchev–Trinajstić information content (AvgIpc) is 2.78. The molecule has 2 rings (SSSR count). The van der Waals surface area contributed by atoms with Crippen molar-refractivity contribution in [2.75, 3.05) is 18.6 Å². The first-order valence-corrected chi connectivity index (χ1v) is 7.06. The van der Waals surface area contributed by atoms with Gasteiger partial charge in [-0.1, -0.05) is 26.8 Å². The van der Waals surface area contributed by atoms with Gasteiger partial charge in [-0.3, -0.25) is 9.59 Å². The van der Waals surface area contributed by atoms with Gasteiger partial charge in [0.25, 0.3) is 0 Å². The number of rotatable bonds is 3. The number of nitrogens with zero attached hydrogens (tertiary/aromatic N) is 1. The molecule has 21 heavy (non-hydrogen) atoms. The third kappa shape index (κ3) is 3.54. The molecule has 1 heterocycles. The first-order valence-electron chi connectivity index (χ1n) is 7.06. The molecule has 0 aromatic heterocycles. The zero-order valence-corrected chi connectivity index (χ0v) is 13.0. The average molecular weight is 290 g/mol. The largest absolute Gasteiger partial charge is 0.497 e. The highest BCUT2D eigenvalue weighted by Crippen LogP contribution is 2.26. The fourth-order valence-corrected chi connectivity index (χ4v) is 2.23. The van der Waals surface area contributed by atoms with Crippen molar-refractivity contribution in [1.29, 1.82) is 0 Å². The molecule has 1 saturated heterocycles. The molecule has 5 nitrogen and oxygen atoms in total. The van der Waals surface area contributed by atoms with E-state index in [1.54, 1.807) is 12.0 Å². The van der Waals surface area contributed by atoms with Crippen LogP contribution in [-0.4, -0.2) is 31.5 Å². The van der Waals surface area contributed by atoms with Crippen molar-refractivity contribution in [2.45, 2.75) is 33.2 Å². The third-order valence-electron chi connectivity index (χ3n) is 3.51. The number of nitrogens with one attached hydrogen (secondary N) is 1. The monoisotopic (exact) mass is 290 g/mol. The Morgan fingerprint density at radius 3 is 2.71 bits per heavy atom. The summed E-state index contributed by atoms with van der Waals surface area (Å²) in [6.45, 7) is 6.07. The second kappa shape index (κ2) is 5.76. The molecule has 0 radical (unpaired) electrons. The van der Waals surface area contributed by atoms with Crippen LogP contribution in [0.5, 0.6) is 5.75 Å². The summed E-state index contributed by atoms with van der Waals surface area (Å²) in [7, 11) is 1.59. The van der Waals surface area contributed by atoms with E-state index in [2.05, 4.69) is 5.32 Å². The second-order valence-corrected chi connectivity index (χ2v) is 6.33. The topological polar surface area (TPSA) is 58.6 Å². The Morgan fingerprint density at radius 1 is 1.38 bits per heavy atom. The van der Waals surface area contributed by atoms with E-state index in [1.165, 1.54) is 0 Å². The highest BCUT2D eigenvalue weighted by molar-refractivity contribution is 5.97. The highest BCUT2D eigenvalue weighted by atomic mass is 16.5. The van der Waals surface area contributed by atoms with Gasteiger partial charge in [-0.2, -0.15) is 0 Å². The summed E-state index contributed by atoms with van der Waals surface area (Å²) in [6.07, 6.45) is 0.332. The Labute approximate surface area is 125 Å². The lowest BCUT2D eigenvalue weighted by Crippen LogP contribution is -2.43. The maximum atomic E-state index is 12.1. The van der Waals surface area contributed by atoms with E-state index in [0.29, 0.717) is 18.7 Å². The number of carbonyl (C=O) groups is 2. The minimum Gasteiger partial charge on any atom is -0.497 e. The predicted octanol–water partition coefficient (Wildman–Crippen LogP) is 1.96. The van der Waals surface area contributed by atoms with E-state index in [9.17, 15) is 9.59 Å². The fourth-order valence-electron chi connectivity index (χ4n) is 2.23. The van der Waals surface area contributed by atoms with Crippen LogP contribution in [0.1, 0.15) is 27.2 Å². The van der Waals surface area contributed by atoms with E-state index in [0.717, 1.165) is 5.69 Å². The van der Waals surface area contributed by atoms with Gasteiger partial charge in [-0.25, -0.2) is 0 Å². The molecule has 1 aliphatic heterocycles. The van der Waals surface area contributed by atoms with Crippen molar-refractivity contribution in [3.05, 3.63) is 24.3 Å². The molecule has 1 fully saturated rings. The van der Waals surface area contributed by atoms with Gasteiger partial charge < -0.3 is 15.0 Å². The van der Waals surface area contributed by atoms with Crippen molar-refractivity contribution in [3.8, 4) is 5.75 Å². The summed E-state index contributed by atoms with van der Waals surface area (Å²) in [5, 5.41) is 2.94. The Hall–Kier alpha value is -2.04. The Balaban J connectivity index is 2.07. The van der Waals surface area contributed by atoms with E-state index < -0.39 is 5.41 Å². The Bertz CT molecular complexity index is 549. The molecule has 2 amide bonds. The van der Waals surface area contributed by atoms with Crippen LogP contribution in [0, 0.1) is 5.41 Å². The predicted molar refractivity (Wildman–Crippen MR) is 81.3 cm³/mol. The van der Waals surface area contributed by atoms with Crippen LogP contribution in [0.2, 0.25) is 0 Å². The normalized spacial score (nSPS) is 18.8. The van der Waals surface area contributed by atoms with Gasteiger partial charge in [-0.05, 0) is 12.1 Å². The zero-order valence-electron chi connectivity index (χ0n) is 13.0. The van der Waals surface area contributed by atoms with Crippen molar-refractivity contribution < 1.29 is 14.3 Å². The Morgan fingerprint density at radius 2 is 2.10 bits per heavy atom. The summed E-state index contributed by atoms with van der Waals surface area (Å²) >= 11 is 0. The molecule has 0 bridgehead atoms. The van der Waals surface area contributed by atoms with Gasteiger partial charge in [0.15, 0.2) is 0 Å². The van der Waals surface area contributed by atoms with Gasteiger partial charge in [-0.15, -0.1) is 0 Å². The smallest absolute Gasteiger partial charge is 0.229 e. The summed E-state index contributed by atoms with van der Waals surface area (Å²) in [5.74, 6) is 0.692. The number of hydrogen-bond donors (Lipinski definition) is 1. The number of carbonyl (C=O) groups excluding carboxylic acids is 2. The quantitative estimate of drug-likeness (QED) is 0.926. The summed E-state index contributed by atoms with van der Waals surface area (Å²) in [4.78, 5) is 25.9. The first-order chi connectivity index (χ1) is 9.81.